The van der Waals surface area contributed by atoms with E-state index in [2.05, 4.69) is 13.2 Å². The summed E-state index contributed by atoms with van der Waals surface area (Å²) in [6.45, 7) is 8.16. The molecule has 0 spiro atoms. The summed E-state index contributed by atoms with van der Waals surface area (Å²) in [6, 6.07) is 0. The molecule has 2 heteroatoms. The van der Waals surface area contributed by atoms with E-state index in [0.717, 1.165) is 30.8 Å². The summed E-state index contributed by atoms with van der Waals surface area (Å²) in [4.78, 5) is 0. The molecule has 0 unspecified atom stereocenters. The van der Waals surface area contributed by atoms with Crippen LogP contribution in [0.5, 0.6) is 0 Å². The van der Waals surface area contributed by atoms with E-state index in [1.807, 2.05) is 0 Å². The topological polar surface area (TPSA) is 35.2 Å². The van der Waals surface area contributed by atoms with Crippen LogP contribution < -0.4 is 5.73 Å². The van der Waals surface area contributed by atoms with Crippen molar-refractivity contribution in [1.29, 1.82) is 0 Å². The number of allylic oxidation sites excluding steroid dienone is 2. The molecule has 60 valence electrons. The highest BCUT2D eigenvalue weighted by molar-refractivity contribution is 5.32. The van der Waals surface area contributed by atoms with Gasteiger partial charge in [0.05, 0.1) is 12.3 Å². The third-order valence-electron chi connectivity index (χ3n) is 1.67. The molecule has 1 saturated heterocycles. The first-order chi connectivity index (χ1) is 5.25. The van der Waals surface area contributed by atoms with Crippen LogP contribution in [-0.4, -0.2) is 6.61 Å². The second-order valence-electron chi connectivity index (χ2n) is 2.54. The minimum atomic E-state index is 0.592. The molecule has 1 heterocycles. The van der Waals surface area contributed by atoms with Gasteiger partial charge >= 0.3 is 0 Å². The molecule has 0 aromatic rings. The van der Waals surface area contributed by atoms with Crippen LogP contribution in [0.25, 0.3) is 0 Å². The Labute approximate surface area is 67.0 Å². The van der Waals surface area contributed by atoms with Gasteiger partial charge in [-0.2, -0.15) is 0 Å². The molecule has 1 aliphatic rings. The van der Waals surface area contributed by atoms with Crippen LogP contribution >= 0.6 is 0 Å². The molecule has 0 atom stereocenters. The Balaban J connectivity index is 2.83. The van der Waals surface area contributed by atoms with Crippen molar-refractivity contribution in [2.24, 2.45) is 5.73 Å². The van der Waals surface area contributed by atoms with Gasteiger partial charge in [0.1, 0.15) is 5.76 Å². The second-order valence-corrected chi connectivity index (χ2v) is 2.54. The van der Waals surface area contributed by atoms with E-state index in [4.69, 9.17) is 10.5 Å². The highest BCUT2D eigenvalue weighted by Crippen LogP contribution is 2.22. The van der Waals surface area contributed by atoms with E-state index in [1.165, 1.54) is 0 Å². The van der Waals surface area contributed by atoms with Crippen molar-refractivity contribution in [3.63, 3.8) is 0 Å². The Hall–Kier alpha value is -1.18. The van der Waals surface area contributed by atoms with Gasteiger partial charge in [-0.25, -0.2) is 0 Å². The lowest BCUT2D eigenvalue weighted by molar-refractivity contribution is 0.191. The fourth-order valence-electron chi connectivity index (χ4n) is 1.06. The third-order valence-corrected chi connectivity index (χ3v) is 1.67. The fourth-order valence-corrected chi connectivity index (χ4v) is 1.06. The summed E-state index contributed by atoms with van der Waals surface area (Å²) in [7, 11) is 0. The zero-order chi connectivity index (χ0) is 8.27. The number of nitrogens with two attached hydrogens (primary N) is 1. The maximum absolute atomic E-state index is 5.61. The first kappa shape index (κ1) is 7.92. The van der Waals surface area contributed by atoms with Gasteiger partial charge in [0.25, 0.3) is 0 Å². The van der Waals surface area contributed by atoms with Gasteiger partial charge in [-0.05, 0) is 24.5 Å². The minimum Gasteiger partial charge on any atom is -0.491 e. The fraction of sp³-hybridized carbons (Fsp3) is 0.333. The largest absolute Gasteiger partial charge is 0.491 e. The number of hydrogen-bond donors (Lipinski definition) is 1. The zero-order valence-corrected chi connectivity index (χ0v) is 6.60. The molecule has 2 N–H and O–H groups in total. The monoisotopic (exact) mass is 151 g/mol. The van der Waals surface area contributed by atoms with Crippen molar-refractivity contribution in [2.45, 2.75) is 12.8 Å². The van der Waals surface area contributed by atoms with Gasteiger partial charge in [0.15, 0.2) is 0 Å². The summed E-state index contributed by atoms with van der Waals surface area (Å²) in [6.07, 6.45) is 3.60. The number of hydrogen-bond acceptors (Lipinski definition) is 2. The van der Waals surface area contributed by atoms with E-state index in [9.17, 15) is 0 Å². The van der Waals surface area contributed by atoms with Crippen LogP contribution in [0, 0.1) is 0 Å². The molecule has 0 amide bonds. The van der Waals surface area contributed by atoms with Crippen molar-refractivity contribution >= 4 is 0 Å². The zero-order valence-electron chi connectivity index (χ0n) is 6.60. The maximum Gasteiger partial charge on any atom is 0.144 e. The van der Waals surface area contributed by atoms with E-state index < -0.39 is 0 Å². The molecule has 0 aromatic heterocycles. The van der Waals surface area contributed by atoms with Crippen molar-refractivity contribution in [3.05, 3.63) is 36.3 Å². The first-order valence-corrected chi connectivity index (χ1v) is 3.69. The van der Waals surface area contributed by atoms with Gasteiger partial charge in [-0.1, -0.05) is 13.2 Å². The predicted molar refractivity (Wildman–Crippen MR) is 45.7 cm³/mol. The van der Waals surface area contributed by atoms with Gasteiger partial charge in [-0.3, -0.25) is 0 Å². The second kappa shape index (κ2) is 3.28. The Morgan fingerprint density at radius 3 is 2.91 bits per heavy atom. The van der Waals surface area contributed by atoms with Crippen LogP contribution in [0.3, 0.4) is 0 Å². The van der Waals surface area contributed by atoms with Gasteiger partial charge in [-0.15, -0.1) is 0 Å². The maximum atomic E-state index is 5.61. The molecule has 0 saturated carbocycles. The Morgan fingerprint density at radius 1 is 1.64 bits per heavy atom. The number of ether oxygens (including phenoxy) is 1. The summed E-state index contributed by atoms with van der Waals surface area (Å²) in [5.41, 5.74) is 7.19. The lowest BCUT2D eigenvalue weighted by atomic mass is 10.1. The predicted octanol–water partition coefficient (Wildman–Crippen LogP) is 1.71. The van der Waals surface area contributed by atoms with Crippen LogP contribution in [0.15, 0.2) is 36.3 Å². The summed E-state index contributed by atoms with van der Waals surface area (Å²) < 4.78 is 5.33. The molecule has 11 heavy (non-hydrogen) atoms. The average molecular weight is 151 g/mol. The Kier molecular flexibility index (Phi) is 2.36. The normalized spacial score (nSPS) is 22.4. The molecule has 1 rings (SSSR count). The van der Waals surface area contributed by atoms with Crippen LogP contribution in [-0.2, 0) is 4.74 Å². The molecule has 0 aromatic carbocycles. The molecule has 2 nitrogen and oxygen atoms in total. The van der Waals surface area contributed by atoms with E-state index in [-0.39, 0.29) is 0 Å². The van der Waals surface area contributed by atoms with E-state index in [1.54, 1.807) is 6.08 Å². The standard InChI is InChI=1S/C9H13NO/c1-3-8(10)9-7(2)5-4-6-11-9/h3H,1-2,4-6,10H2/b9-8-. The molecular weight excluding hydrogens is 138 g/mol. The van der Waals surface area contributed by atoms with Gasteiger partial charge in [0.2, 0.25) is 0 Å². The van der Waals surface area contributed by atoms with Gasteiger partial charge < -0.3 is 10.5 Å². The lowest BCUT2D eigenvalue weighted by Crippen LogP contribution is -2.11. The molecular formula is C9H13NO. The minimum absolute atomic E-state index is 0.592. The Bertz CT molecular complexity index is 216. The van der Waals surface area contributed by atoms with Crippen molar-refractivity contribution in [2.75, 3.05) is 6.61 Å². The molecule has 0 bridgehead atoms. The van der Waals surface area contributed by atoms with Crippen LogP contribution in [0.1, 0.15) is 12.8 Å². The molecule has 0 radical (unpaired) electrons. The van der Waals surface area contributed by atoms with Crippen molar-refractivity contribution < 1.29 is 4.74 Å². The molecule has 1 fully saturated rings. The summed E-state index contributed by atoms with van der Waals surface area (Å²) >= 11 is 0. The quantitative estimate of drug-likeness (QED) is 0.619. The molecule has 1 aliphatic heterocycles. The van der Waals surface area contributed by atoms with Gasteiger partial charge in [0, 0.05) is 0 Å². The number of rotatable bonds is 1. The van der Waals surface area contributed by atoms with Crippen LogP contribution in [0.4, 0.5) is 0 Å². The highest BCUT2D eigenvalue weighted by atomic mass is 16.5. The average Bonchev–Trinajstić information content (AvgIpc) is 2.04. The van der Waals surface area contributed by atoms with Crippen molar-refractivity contribution in [1.82, 2.24) is 0 Å². The highest BCUT2D eigenvalue weighted by Gasteiger charge is 2.12. The molecule has 0 aliphatic carbocycles. The smallest absolute Gasteiger partial charge is 0.144 e. The SMILES string of the molecule is C=C/C(N)=C1/OCCCC1=C. The first-order valence-electron chi connectivity index (χ1n) is 3.69. The summed E-state index contributed by atoms with van der Waals surface area (Å²) in [5, 5.41) is 0. The van der Waals surface area contributed by atoms with E-state index in [0.29, 0.717) is 5.70 Å². The van der Waals surface area contributed by atoms with E-state index >= 15 is 0 Å². The lowest BCUT2D eigenvalue weighted by Gasteiger charge is -2.19. The summed E-state index contributed by atoms with van der Waals surface area (Å²) in [5.74, 6) is 0.728. The van der Waals surface area contributed by atoms with Crippen molar-refractivity contribution in [3.8, 4) is 0 Å². The third kappa shape index (κ3) is 1.64. The Morgan fingerprint density at radius 2 is 2.36 bits per heavy atom. The van der Waals surface area contributed by atoms with Crippen LogP contribution in [0.2, 0.25) is 0 Å².